The lowest BCUT2D eigenvalue weighted by atomic mass is 9.88. The molecule has 1 aliphatic rings. The van der Waals surface area contributed by atoms with Crippen LogP contribution in [0.15, 0.2) is 72.3 Å². The van der Waals surface area contributed by atoms with Crippen molar-refractivity contribution in [2.45, 2.75) is 27.7 Å². The zero-order valence-corrected chi connectivity index (χ0v) is 19.1. The molecule has 0 atom stereocenters. The second-order valence-corrected chi connectivity index (χ2v) is 8.00. The Balaban J connectivity index is 1.88. The lowest BCUT2D eigenvalue weighted by Crippen LogP contribution is -2.22. The number of hydrogen-bond donors (Lipinski definition) is 0. The van der Waals surface area contributed by atoms with Gasteiger partial charge in [-0.15, -0.1) is 0 Å². The van der Waals surface area contributed by atoms with Crippen LogP contribution in [0.3, 0.4) is 0 Å². The van der Waals surface area contributed by atoms with Crippen LogP contribution in [0.1, 0.15) is 47.8 Å². The Bertz CT molecular complexity index is 1170. The van der Waals surface area contributed by atoms with E-state index in [-0.39, 0.29) is 5.97 Å². The number of rotatable bonds is 4. The van der Waals surface area contributed by atoms with E-state index < -0.39 is 0 Å². The van der Waals surface area contributed by atoms with Crippen molar-refractivity contribution in [2.24, 2.45) is 0 Å². The number of carbonyl (C=O) groups is 1. The predicted octanol–water partition coefficient (Wildman–Crippen LogP) is 6.27. The van der Waals surface area contributed by atoms with Crippen molar-refractivity contribution in [1.82, 2.24) is 0 Å². The number of hydrogen-bond acceptors (Lipinski definition) is 4. The van der Waals surface area contributed by atoms with Crippen molar-refractivity contribution in [3.63, 3.8) is 0 Å². The fourth-order valence-electron chi connectivity index (χ4n) is 4.23. The fraction of sp³-hybridized carbons (Fsp3) is 0.250. The van der Waals surface area contributed by atoms with Gasteiger partial charge in [0.2, 0.25) is 0 Å². The van der Waals surface area contributed by atoms with Crippen LogP contribution in [0.4, 0.5) is 5.69 Å². The molecular formula is C28H29NO3. The third-order valence-corrected chi connectivity index (χ3v) is 5.96. The molecular weight excluding hydrogens is 398 g/mol. The molecule has 0 N–H and O–H groups in total. The summed E-state index contributed by atoms with van der Waals surface area (Å²) in [5, 5.41) is 0. The molecule has 4 rings (SSSR count). The summed E-state index contributed by atoms with van der Waals surface area (Å²) >= 11 is 0. The fourth-order valence-corrected chi connectivity index (χ4v) is 4.23. The molecule has 0 radical (unpaired) electrons. The Morgan fingerprint density at radius 3 is 2.16 bits per heavy atom. The van der Waals surface area contributed by atoms with Crippen LogP contribution >= 0.6 is 0 Å². The zero-order valence-electron chi connectivity index (χ0n) is 19.1. The van der Waals surface area contributed by atoms with Gasteiger partial charge in [0.1, 0.15) is 6.61 Å². The first-order valence-electron chi connectivity index (χ1n) is 11.1. The van der Waals surface area contributed by atoms with Crippen LogP contribution in [0.25, 0.3) is 5.57 Å². The second-order valence-electron chi connectivity index (χ2n) is 8.00. The molecule has 0 saturated heterocycles. The molecule has 0 amide bonds. The van der Waals surface area contributed by atoms with Crippen LogP contribution in [0, 0.1) is 6.92 Å². The van der Waals surface area contributed by atoms with Crippen LogP contribution in [-0.2, 0) is 0 Å². The van der Waals surface area contributed by atoms with E-state index in [4.69, 9.17) is 9.47 Å². The molecule has 4 heteroatoms. The Labute approximate surface area is 190 Å². The van der Waals surface area contributed by atoms with Crippen LogP contribution in [0.2, 0.25) is 0 Å². The molecule has 0 spiro atoms. The smallest absolute Gasteiger partial charge is 0.344 e. The molecule has 0 bridgehead atoms. The minimum absolute atomic E-state index is 0.387. The number of nitrogens with zero attached hydrogens (tertiary/aromatic N) is 1. The maximum atomic E-state index is 13.3. The highest BCUT2D eigenvalue weighted by Crippen LogP contribution is 2.37. The molecule has 1 aliphatic heterocycles. The molecule has 3 aromatic rings. The molecule has 164 valence electrons. The van der Waals surface area contributed by atoms with E-state index in [0.29, 0.717) is 23.7 Å². The Kier molecular flexibility index (Phi) is 6.31. The normalized spacial score (nSPS) is 15.8. The van der Waals surface area contributed by atoms with Gasteiger partial charge in [-0.05, 0) is 73.7 Å². The average molecular weight is 428 g/mol. The van der Waals surface area contributed by atoms with Gasteiger partial charge in [-0.3, -0.25) is 0 Å². The largest absolute Gasteiger partial charge is 0.485 e. The van der Waals surface area contributed by atoms with E-state index >= 15 is 0 Å². The molecule has 0 unspecified atom stereocenters. The van der Waals surface area contributed by atoms with E-state index in [1.54, 1.807) is 0 Å². The third-order valence-electron chi connectivity index (χ3n) is 5.96. The lowest BCUT2D eigenvalue weighted by Gasteiger charge is -2.24. The summed E-state index contributed by atoms with van der Waals surface area (Å²) in [6, 6.07) is 21.6. The van der Waals surface area contributed by atoms with Crippen LogP contribution in [0.5, 0.6) is 11.5 Å². The minimum Gasteiger partial charge on any atom is -0.485 e. The highest BCUT2D eigenvalue weighted by Gasteiger charge is 2.23. The van der Waals surface area contributed by atoms with E-state index in [1.807, 2.05) is 54.6 Å². The third kappa shape index (κ3) is 4.13. The van der Waals surface area contributed by atoms with Crippen molar-refractivity contribution >= 4 is 17.2 Å². The molecule has 1 heterocycles. The van der Waals surface area contributed by atoms with Gasteiger partial charge in [0.25, 0.3) is 0 Å². The Morgan fingerprint density at radius 2 is 1.47 bits per heavy atom. The molecule has 0 fully saturated rings. The monoisotopic (exact) mass is 427 g/mol. The van der Waals surface area contributed by atoms with Crippen LogP contribution in [-0.4, -0.2) is 25.7 Å². The van der Waals surface area contributed by atoms with E-state index in [1.165, 1.54) is 0 Å². The van der Waals surface area contributed by atoms with Gasteiger partial charge in [-0.1, -0.05) is 42.5 Å². The predicted molar refractivity (Wildman–Crippen MR) is 130 cm³/mol. The zero-order chi connectivity index (χ0) is 22.7. The molecule has 0 aliphatic carbocycles. The number of benzene rings is 3. The summed E-state index contributed by atoms with van der Waals surface area (Å²) in [7, 11) is 0. The van der Waals surface area contributed by atoms with Gasteiger partial charge in [0, 0.05) is 24.8 Å². The highest BCUT2D eigenvalue weighted by molar-refractivity contribution is 6.00. The topological polar surface area (TPSA) is 38.8 Å². The van der Waals surface area contributed by atoms with Gasteiger partial charge < -0.3 is 14.4 Å². The average Bonchev–Trinajstić information content (AvgIpc) is 2.81. The van der Waals surface area contributed by atoms with Gasteiger partial charge in [0.15, 0.2) is 11.5 Å². The first-order chi connectivity index (χ1) is 15.5. The van der Waals surface area contributed by atoms with Crippen molar-refractivity contribution in [3.05, 3.63) is 94.6 Å². The molecule has 0 aromatic heterocycles. The Hall–Kier alpha value is -3.53. The number of aryl methyl sites for hydroxylation is 1. The Morgan fingerprint density at radius 1 is 0.812 bits per heavy atom. The lowest BCUT2D eigenvalue weighted by molar-refractivity contribution is 0.0728. The SMILES string of the molecule is CCN(CC)c1ccc2c(c1)OC/C(C)=C(/c1ccccc1C)c1ccccc1C(=O)O2. The van der Waals surface area contributed by atoms with Crippen molar-refractivity contribution in [3.8, 4) is 11.5 Å². The number of fused-ring (bicyclic) bond motifs is 2. The summed E-state index contributed by atoms with van der Waals surface area (Å²) in [5.74, 6) is 0.625. The number of esters is 1. The maximum absolute atomic E-state index is 13.3. The summed E-state index contributed by atoms with van der Waals surface area (Å²) in [4.78, 5) is 15.5. The number of anilines is 1. The van der Waals surface area contributed by atoms with Crippen LogP contribution < -0.4 is 14.4 Å². The second kappa shape index (κ2) is 9.31. The van der Waals surface area contributed by atoms with Crippen molar-refractivity contribution in [2.75, 3.05) is 24.6 Å². The summed E-state index contributed by atoms with van der Waals surface area (Å²) in [5.41, 5.74) is 6.75. The quantitative estimate of drug-likeness (QED) is 0.363. The van der Waals surface area contributed by atoms with Crippen molar-refractivity contribution in [1.29, 1.82) is 0 Å². The van der Waals surface area contributed by atoms with Gasteiger partial charge in [0.05, 0.1) is 5.56 Å². The van der Waals surface area contributed by atoms with E-state index in [2.05, 4.69) is 44.7 Å². The molecule has 3 aromatic carbocycles. The van der Waals surface area contributed by atoms with E-state index in [0.717, 1.165) is 46.6 Å². The van der Waals surface area contributed by atoms with Crippen molar-refractivity contribution < 1.29 is 14.3 Å². The summed E-state index contributed by atoms with van der Waals surface area (Å²) in [6.45, 7) is 10.6. The highest BCUT2D eigenvalue weighted by atomic mass is 16.6. The summed E-state index contributed by atoms with van der Waals surface area (Å²) in [6.07, 6.45) is 0. The number of carbonyl (C=O) groups excluding carboxylic acids is 1. The first-order valence-corrected chi connectivity index (χ1v) is 11.1. The molecule has 4 nitrogen and oxygen atoms in total. The first kappa shape index (κ1) is 21.7. The summed E-state index contributed by atoms with van der Waals surface area (Å²) < 4.78 is 12.1. The van der Waals surface area contributed by atoms with Gasteiger partial charge in [-0.25, -0.2) is 4.79 Å². The van der Waals surface area contributed by atoms with Gasteiger partial charge in [-0.2, -0.15) is 0 Å². The maximum Gasteiger partial charge on any atom is 0.344 e. The number of ether oxygens (including phenoxy) is 2. The molecule has 32 heavy (non-hydrogen) atoms. The standard InChI is InChI=1S/C28H29NO3/c1-5-29(6-2)21-15-16-25-26(17-21)31-18-20(4)27(22-12-8-7-11-19(22)3)23-13-9-10-14-24(23)28(30)32-25/h7-17H,5-6,18H2,1-4H3/b27-20-. The minimum atomic E-state index is -0.387. The molecule has 0 saturated carbocycles. The van der Waals surface area contributed by atoms with E-state index in [9.17, 15) is 4.79 Å². The van der Waals surface area contributed by atoms with Gasteiger partial charge >= 0.3 is 5.97 Å².